The molecule has 0 aliphatic carbocycles. The number of hydrogen-bond acceptors (Lipinski definition) is 3. The monoisotopic (exact) mass is 284 g/mol. The third kappa shape index (κ3) is 4.81. The Morgan fingerprint density at radius 2 is 1.62 bits per heavy atom. The first-order valence-corrected chi connectivity index (χ1v) is 7.08. The van der Waals surface area contributed by atoms with Crippen molar-refractivity contribution in [1.82, 2.24) is 0 Å². The van der Waals surface area contributed by atoms with Gasteiger partial charge in [-0.3, -0.25) is 4.79 Å². The normalized spacial score (nSPS) is 13.6. The van der Waals surface area contributed by atoms with Crippen molar-refractivity contribution in [1.29, 1.82) is 0 Å². The predicted octanol–water partition coefficient (Wildman–Crippen LogP) is 3.28. The van der Waals surface area contributed by atoms with E-state index < -0.39 is 12.2 Å². The predicted molar refractivity (Wildman–Crippen MR) is 81.7 cm³/mol. The number of ether oxygens (including phenoxy) is 1. The van der Waals surface area contributed by atoms with Gasteiger partial charge in [-0.25, -0.2) is 0 Å². The molecule has 0 bridgehead atoms. The standard InChI is InChI=1S/C18H20O3/c1-14(21-13-15-8-4-2-5-9-15)17(19)12-18(20)16-10-6-3-7-11-16/h2-11,14,18,20H,12-13H2,1H3/t14-,18-/m0/s1. The molecule has 3 nitrogen and oxygen atoms in total. The molecule has 0 unspecified atom stereocenters. The van der Waals surface area contributed by atoms with Crippen molar-refractivity contribution in [2.45, 2.75) is 32.2 Å². The van der Waals surface area contributed by atoms with E-state index in [1.807, 2.05) is 60.7 Å². The summed E-state index contributed by atoms with van der Waals surface area (Å²) in [5.41, 5.74) is 1.78. The Bertz CT molecular complexity index is 551. The number of carbonyl (C=O) groups excluding carboxylic acids is 1. The van der Waals surface area contributed by atoms with Crippen LogP contribution in [0, 0.1) is 0 Å². The SMILES string of the molecule is C[C@H](OCc1ccccc1)C(=O)C[C@H](O)c1ccccc1. The van der Waals surface area contributed by atoms with Crippen molar-refractivity contribution in [2.24, 2.45) is 0 Å². The first kappa shape index (κ1) is 15.4. The fraction of sp³-hybridized carbons (Fsp3) is 0.278. The Morgan fingerprint density at radius 1 is 1.05 bits per heavy atom. The zero-order chi connectivity index (χ0) is 15.1. The summed E-state index contributed by atoms with van der Waals surface area (Å²) in [6, 6.07) is 18.9. The van der Waals surface area contributed by atoms with Crippen LogP contribution in [0.25, 0.3) is 0 Å². The Balaban J connectivity index is 1.82. The number of aliphatic hydroxyl groups is 1. The maximum Gasteiger partial charge on any atom is 0.164 e. The highest BCUT2D eigenvalue weighted by molar-refractivity contribution is 5.83. The molecule has 0 aliphatic heterocycles. The molecular formula is C18H20O3. The van der Waals surface area contributed by atoms with Gasteiger partial charge in [0.15, 0.2) is 5.78 Å². The summed E-state index contributed by atoms with van der Waals surface area (Å²) >= 11 is 0. The van der Waals surface area contributed by atoms with Crippen molar-refractivity contribution >= 4 is 5.78 Å². The average molecular weight is 284 g/mol. The van der Waals surface area contributed by atoms with Gasteiger partial charge >= 0.3 is 0 Å². The van der Waals surface area contributed by atoms with Crippen LogP contribution >= 0.6 is 0 Å². The van der Waals surface area contributed by atoms with Crippen LogP contribution in [0.2, 0.25) is 0 Å². The van der Waals surface area contributed by atoms with Gasteiger partial charge in [-0.2, -0.15) is 0 Å². The van der Waals surface area contributed by atoms with Crippen LogP contribution in [-0.4, -0.2) is 17.0 Å². The molecule has 0 radical (unpaired) electrons. The highest BCUT2D eigenvalue weighted by atomic mass is 16.5. The highest BCUT2D eigenvalue weighted by Crippen LogP contribution is 2.18. The lowest BCUT2D eigenvalue weighted by Crippen LogP contribution is -2.22. The first-order valence-electron chi connectivity index (χ1n) is 7.08. The third-order valence-corrected chi connectivity index (χ3v) is 3.38. The van der Waals surface area contributed by atoms with Crippen LogP contribution in [0.5, 0.6) is 0 Å². The minimum atomic E-state index is -0.776. The number of aliphatic hydroxyl groups excluding tert-OH is 1. The largest absolute Gasteiger partial charge is 0.388 e. The second kappa shape index (κ2) is 7.72. The smallest absolute Gasteiger partial charge is 0.164 e. The fourth-order valence-corrected chi connectivity index (χ4v) is 2.04. The lowest BCUT2D eigenvalue weighted by atomic mass is 10.0. The van der Waals surface area contributed by atoms with Crippen LogP contribution in [0.15, 0.2) is 60.7 Å². The van der Waals surface area contributed by atoms with Crippen LogP contribution < -0.4 is 0 Å². The Morgan fingerprint density at radius 3 is 2.24 bits per heavy atom. The summed E-state index contributed by atoms with van der Waals surface area (Å²) in [5, 5.41) is 10.0. The van der Waals surface area contributed by atoms with E-state index in [-0.39, 0.29) is 12.2 Å². The van der Waals surface area contributed by atoms with E-state index in [1.54, 1.807) is 6.92 Å². The molecule has 0 saturated carbocycles. The van der Waals surface area contributed by atoms with Crippen molar-refractivity contribution in [3.8, 4) is 0 Å². The van der Waals surface area contributed by atoms with Crippen LogP contribution in [-0.2, 0) is 16.1 Å². The molecule has 3 heteroatoms. The van der Waals surface area contributed by atoms with E-state index in [2.05, 4.69) is 0 Å². The number of benzene rings is 2. The molecule has 0 amide bonds. The number of hydrogen-bond donors (Lipinski definition) is 1. The van der Waals surface area contributed by atoms with Gasteiger partial charge < -0.3 is 9.84 Å². The van der Waals surface area contributed by atoms with Crippen LogP contribution in [0.3, 0.4) is 0 Å². The molecule has 2 atom stereocenters. The molecule has 0 saturated heterocycles. The van der Waals surface area contributed by atoms with Crippen molar-refractivity contribution in [2.75, 3.05) is 0 Å². The summed E-state index contributed by atoms with van der Waals surface area (Å²) in [7, 11) is 0. The Labute approximate surface area is 125 Å². The van der Waals surface area contributed by atoms with Crippen LogP contribution in [0.4, 0.5) is 0 Å². The molecule has 2 aromatic rings. The molecule has 2 rings (SSSR count). The van der Waals surface area contributed by atoms with E-state index >= 15 is 0 Å². The Hall–Kier alpha value is -1.97. The molecule has 1 N–H and O–H groups in total. The average Bonchev–Trinajstić information content (AvgIpc) is 2.54. The minimum Gasteiger partial charge on any atom is -0.388 e. The summed E-state index contributed by atoms with van der Waals surface area (Å²) in [6.45, 7) is 2.12. The van der Waals surface area contributed by atoms with E-state index in [4.69, 9.17) is 4.74 Å². The van der Waals surface area contributed by atoms with Crippen LogP contribution in [0.1, 0.15) is 30.6 Å². The van der Waals surface area contributed by atoms with Crippen molar-refractivity contribution in [3.63, 3.8) is 0 Å². The minimum absolute atomic E-state index is 0.0694. The number of carbonyl (C=O) groups is 1. The van der Waals surface area contributed by atoms with Gasteiger partial charge in [-0.15, -0.1) is 0 Å². The fourth-order valence-electron chi connectivity index (χ4n) is 2.04. The second-order valence-corrected chi connectivity index (χ2v) is 5.04. The van der Waals surface area contributed by atoms with E-state index in [1.165, 1.54) is 0 Å². The molecular weight excluding hydrogens is 264 g/mol. The molecule has 0 aliphatic rings. The molecule has 0 aromatic heterocycles. The maximum absolute atomic E-state index is 12.1. The van der Waals surface area contributed by atoms with Crippen molar-refractivity contribution < 1.29 is 14.6 Å². The second-order valence-electron chi connectivity index (χ2n) is 5.04. The van der Waals surface area contributed by atoms with Gasteiger partial charge in [0.2, 0.25) is 0 Å². The maximum atomic E-state index is 12.1. The zero-order valence-electron chi connectivity index (χ0n) is 12.1. The zero-order valence-corrected chi connectivity index (χ0v) is 12.1. The number of ketones is 1. The van der Waals surface area contributed by atoms with E-state index in [9.17, 15) is 9.90 Å². The van der Waals surface area contributed by atoms with E-state index in [0.717, 1.165) is 11.1 Å². The molecule has 0 spiro atoms. The summed E-state index contributed by atoms with van der Waals surface area (Å²) < 4.78 is 5.57. The van der Waals surface area contributed by atoms with Crippen molar-refractivity contribution in [3.05, 3.63) is 71.8 Å². The number of Topliss-reactive ketones (excluding diaryl/α,β-unsaturated/α-hetero) is 1. The quantitative estimate of drug-likeness (QED) is 0.848. The number of rotatable bonds is 7. The molecule has 110 valence electrons. The van der Waals surface area contributed by atoms with Gasteiger partial charge in [-0.1, -0.05) is 60.7 Å². The Kier molecular flexibility index (Phi) is 5.67. The lowest BCUT2D eigenvalue weighted by molar-refractivity contribution is -0.132. The van der Waals surface area contributed by atoms with Gasteiger partial charge in [0.1, 0.15) is 6.10 Å². The lowest BCUT2D eigenvalue weighted by Gasteiger charge is -2.15. The highest BCUT2D eigenvalue weighted by Gasteiger charge is 2.18. The van der Waals surface area contributed by atoms with Gasteiger partial charge in [-0.05, 0) is 18.1 Å². The topological polar surface area (TPSA) is 46.5 Å². The summed E-state index contributed by atoms with van der Waals surface area (Å²) in [6.07, 6.45) is -1.23. The third-order valence-electron chi connectivity index (χ3n) is 3.38. The van der Waals surface area contributed by atoms with E-state index in [0.29, 0.717) is 6.61 Å². The van der Waals surface area contributed by atoms with Gasteiger partial charge in [0.25, 0.3) is 0 Å². The molecule has 0 heterocycles. The molecule has 0 fully saturated rings. The summed E-state index contributed by atoms with van der Waals surface area (Å²) in [4.78, 5) is 12.1. The molecule has 2 aromatic carbocycles. The molecule has 21 heavy (non-hydrogen) atoms. The van der Waals surface area contributed by atoms with Gasteiger partial charge in [0, 0.05) is 6.42 Å². The summed E-state index contributed by atoms with van der Waals surface area (Å²) in [5.74, 6) is -0.0951. The van der Waals surface area contributed by atoms with Gasteiger partial charge in [0.05, 0.1) is 12.7 Å². The first-order chi connectivity index (χ1) is 10.2.